The molecule has 0 bridgehead atoms. The van der Waals surface area contributed by atoms with Crippen molar-refractivity contribution in [1.29, 1.82) is 0 Å². The Bertz CT molecular complexity index is 1090. The molecule has 0 aromatic heterocycles. The fraction of sp³-hybridized carbons (Fsp3) is 0.429. The number of ketones is 1. The second kappa shape index (κ2) is 13.5. The highest BCUT2D eigenvalue weighted by Gasteiger charge is 2.46. The van der Waals surface area contributed by atoms with Gasteiger partial charge in [-0.1, -0.05) is 67.6 Å². The van der Waals surface area contributed by atoms with Gasteiger partial charge in [-0.3, -0.25) is 9.59 Å². The maximum absolute atomic E-state index is 13.2. The molecule has 36 heavy (non-hydrogen) atoms. The molecular formula is C28H33Cl3N2O3. The lowest BCUT2D eigenvalue weighted by Crippen LogP contribution is -2.34. The van der Waals surface area contributed by atoms with Crippen LogP contribution in [-0.4, -0.2) is 52.8 Å². The molecular weight excluding hydrogens is 519 g/mol. The van der Waals surface area contributed by atoms with Crippen LogP contribution in [0.4, 0.5) is 0 Å². The molecule has 5 nitrogen and oxygen atoms in total. The molecule has 0 spiro atoms. The predicted molar refractivity (Wildman–Crippen MR) is 148 cm³/mol. The van der Waals surface area contributed by atoms with Crippen molar-refractivity contribution in [2.24, 2.45) is 0 Å². The Hall–Kier alpha value is -2.05. The summed E-state index contributed by atoms with van der Waals surface area (Å²) in [6.45, 7) is 7.56. The van der Waals surface area contributed by atoms with E-state index in [-0.39, 0.29) is 11.3 Å². The van der Waals surface area contributed by atoms with Gasteiger partial charge in [-0.25, -0.2) is 0 Å². The average molecular weight is 552 g/mol. The minimum atomic E-state index is -0.815. The van der Waals surface area contributed by atoms with E-state index in [2.05, 4.69) is 18.7 Å². The topological polar surface area (TPSA) is 60.9 Å². The van der Waals surface area contributed by atoms with Gasteiger partial charge in [0, 0.05) is 27.2 Å². The number of unbranched alkanes of at least 4 members (excludes halogenated alkanes) is 2. The van der Waals surface area contributed by atoms with E-state index in [0.717, 1.165) is 45.3 Å². The first-order chi connectivity index (χ1) is 17.3. The monoisotopic (exact) mass is 550 g/mol. The summed E-state index contributed by atoms with van der Waals surface area (Å²) in [5, 5.41) is 12.4. The van der Waals surface area contributed by atoms with Crippen LogP contribution in [0.15, 0.2) is 48.0 Å². The van der Waals surface area contributed by atoms with Crippen molar-refractivity contribution in [3.63, 3.8) is 0 Å². The maximum atomic E-state index is 13.2. The molecule has 8 heteroatoms. The molecule has 2 aromatic rings. The highest BCUT2D eigenvalue weighted by molar-refractivity contribution is 6.47. The van der Waals surface area contributed by atoms with Crippen molar-refractivity contribution in [2.45, 2.75) is 52.0 Å². The van der Waals surface area contributed by atoms with Crippen molar-refractivity contribution in [3.8, 4) is 0 Å². The largest absolute Gasteiger partial charge is 0.507 e. The van der Waals surface area contributed by atoms with Gasteiger partial charge < -0.3 is 14.9 Å². The van der Waals surface area contributed by atoms with E-state index < -0.39 is 17.7 Å². The summed E-state index contributed by atoms with van der Waals surface area (Å²) in [7, 11) is 0. The molecule has 1 atom stereocenters. The van der Waals surface area contributed by atoms with Crippen molar-refractivity contribution in [3.05, 3.63) is 74.2 Å². The van der Waals surface area contributed by atoms with Crippen LogP contribution in [0.3, 0.4) is 0 Å². The number of hydrogen-bond acceptors (Lipinski definition) is 4. The standard InChI is InChI=1S/C28H33Cl3N2O3/c1-3-5-14-32(15-6-4-2)16-7-17-33-25(22-13-12-21(30)18-23(22)31)24(27(35)28(33)36)26(34)19-8-10-20(29)11-9-19/h8-13,18,25,34H,3-7,14-17H2,1-2H3/b26-24+. The van der Waals surface area contributed by atoms with Crippen molar-refractivity contribution >= 4 is 52.3 Å². The quantitative estimate of drug-likeness (QED) is 0.170. The lowest BCUT2D eigenvalue weighted by Gasteiger charge is -2.28. The SMILES string of the molecule is CCCCN(CCCC)CCCN1C(=O)C(=O)/C(=C(/O)c2ccc(Cl)cc2)C1c1ccc(Cl)cc1Cl. The number of aliphatic hydroxyl groups is 1. The molecule has 1 fully saturated rings. The third-order valence-corrected chi connectivity index (χ3v) is 7.26. The summed E-state index contributed by atoms with van der Waals surface area (Å²) in [4.78, 5) is 30.4. The fourth-order valence-electron chi connectivity index (χ4n) is 4.48. The van der Waals surface area contributed by atoms with E-state index in [1.807, 2.05) is 0 Å². The Morgan fingerprint density at radius 3 is 2.06 bits per heavy atom. The number of carbonyl (C=O) groups is 2. The van der Waals surface area contributed by atoms with Gasteiger partial charge in [-0.05, 0) is 80.9 Å². The second-order valence-electron chi connectivity index (χ2n) is 9.07. The van der Waals surface area contributed by atoms with Gasteiger partial charge in [0.2, 0.25) is 0 Å². The molecule has 1 N–H and O–H groups in total. The van der Waals surface area contributed by atoms with E-state index in [9.17, 15) is 14.7 Å². The van der Waals surface area contributed by atoms with E-state index in [1.165, 1.54) is 4.90 Å². The summed E-state index contributed by atoms with van der Waals surface area (Å²) in [6, 6.07) is 10.6. The maximum Gasteiger partial charge on any atom is 0.295 e. The minimum Gasteiger partial charge on any atom is -0.507 e. The summed E-state index contributed by atoms with van der Waals surface area (Å²) in [5.41, 5.74) is 0.961. The van der Waals surface area contributed by atoms with E-state index >= 15 is 0 Å². The van der Waals surface area contributed by atoms with Crippen molar-refractivity contribution in [2.75, 3.05) is 26.2 Å². The summed E-state index contributed by atoms with van der Waals surface area (Å²) < 4.78 is 0. The van der Waals surface area contributed by atoms with Crippen molar-refractivity contribution in [1.82, 2.24) is 9.80 Å². The molecule has 1 aliphatic heterocycles. The summed E-state index contributed by atoms with van der Waals surface area (Å²) in [5.74, 6) is -1.63. The Labute approximate surface area is 228 Å². The van der Waals surface area contributed by atoms with E-state index in [4.69, 9.17) is 34.8 Å². The van der Waals surface area contributed by atoms with E-state index in [0.29, 0.717) is 39.2 Å². The van der Waals surface area contributed by atoms with Gasteiger partial charge in [0.1, 0.15) is 5.76 Å². The minimum absolute atomic E-state index is 0.0142. The Kier molecular flexibility index (Phi) is 10.7. The van der Waals surface area contributed by atoms with Gasteiger partial charge in [0.05, 0.1) is 11.6 Å². The summed E-state index contributed by atoms with van der Waals surface area (Å²) in [6.07, 6.45) is 5.18. The van der Waals surface area contributed by atoms with Gasteiger partial charge in [-0.2, -0.15) is 0 Å². The number of hydrogen-bond donors (Lipinski definition) is 1. The number of rotatable bonds is 12. The number of halogens is 3. The molecule has 3 rings (SSSR count). The number of amides is 1. The van der Waals surface area contributed by atoms with E-state index in [1.54, 1.807) is 42.5 Å². The molecule has 1 aliphatic rings. The van der Waals surface area contributed by atoms with Crippen molar-refractivity contribution < 1.29 is 14.7 Å². The Morgan fingerprint density at radius 2 is 1.47 bits per heavy atom. The van der Waals surface area contributed by atoms with Gasteiger partial charge in [-0.15, -0.1) is 0 Å². The molecule has 1 amide bonds. The molecule has 2 aromatic carbocycles. The van der Waals surface area contributed by atoms with Crippen LogP contribution in [0, 0.1) is 0 Å². The van der Waals surface area contributed by atoms with Crippen LogP contribution in [0.5, 0.6) is 0 Å². The zero-order valence-electron chi connectivity index (χ0n) is 20.8. The Balaban J connectivity index is 1.95. The molecule has 0 radical (unpaired) electrons. The number of likely N-dealkylation sites (tertiary alicyclic amines) is 1. The first-order valence-electron chi connectivity index (χ1n) is 12.5. The van der Waals surface area contributed by atoms with Gasteiger partial charge >= 0.3 is 0 Å². The molecule has 1 heterocycles. The third kappa shape index (κ3) is 6.83. The van der Waals surface area contributed by atoms with Crippen LogP contribution >= 0.6 is 34.8 Å². The fourth-order valence-corrected chi connectivity index (χ4v) is 5.12. The summed E-state index contributed by atoms with van der Waals surface area (Å²) >= 11 is 18.7. The van der Waals surface area contributed by atoms with Crippen LogP contribution < -0.4 is 0 Å². The van der Waals surface area contributed by atoms with Crippen LogP contribution in [0.2, 0.25) is 15.1 Å². The molecule has 194 valence electrons. The third-order valence-electron chi connectivity index (χ3n) is 6.44. The Morgan fingerprint density at radius 1 is 0.889 bits per heavy atom. The smallest absolute Gasteiger partial charge is 0.295 e. The number of aliphatic hydroxyl groups excluding tert-OH is 1. The first-order valence-corrected chi connectivity index (χ1v) is 13.6. The molecule has 1 unspecified atom stereocenters. The lowest BCUT2D eigenvalue weighted by atomic mass is 9.95. The number of Topliss-reactive ketones (excluding diaryl/α,β-unsaturated/α-hetero) is 1. The van der Waals surface area contributed by atoms with Gasteiger partial charge in [0.25, 0.3) is 11.7 Å². The predicted octanol–water partition coefficient (Wildman–Crippen LogP) is 7.36. The molecule has 1 saturated heterocycles. The number of carbonyl (C=O) groups excluding carboxylic acids is 2. The normalized spacial score (nSPS) is 17.4. The average Bonchev–Trinajstić information content (AvgIpc) is 3.10. The van der Waals surface area contributed by atoms with Gasteiger partial charge in [0.15, 0.2) is 0 Å². The lowest BCUT2D eigenvalue weighted by molar-refractivity contribution is -0.140. The second-order valence-corrected chi connectivity index (χ2v) is 10.3. The van der Waals surface area contributed by atoms with Crippen LogP contribution in [0.25, 0.3) is 5.76 Å². The molecule has 0 aliphatic carbocycles. The number of benzene rings is 2. The molecule has 0 saturated carbocycles. The number of nitrogens with zero attached hydrogens (tertiary/aromatic N) is 2. The first kappa shape index (κ1) is 28.5. The zero-order chi connectivity index (χ0) is 26.2. The van der Waals surface area contributed by atoms with Crippen LogP contribution in [0.1, 0.15) is 63.1 Å². The highest BCUT2D eigenvalue weighted by Crippen LogP contribution is 2.42. The zero-order valence-corrected chi connectivity index (χ0v) is 23.0. The highest BCUT2D eigenvalue weighted by atomic mass is 35.5. The van der Waals surface area contributed by atoms with Crippen LogP contribution in [-0.2, 0) is 9.59 Å².